The predicted molar refractivity (Wildman–Crippen MR) is 96.5 cm³/mol. The molecular weight excluding hydrogens is 302 g/mol. The minimum absolute atomic E-state index is 0.119. The second-order valence-electron chi connectivity index (χ2n) is 5.93. The van der Waals surface area contributed by atoms with Gasteiger partial charge in [0.15, 0.2) is 11.5 Å². The molecule has 0 aliphatic rings. The van der Waals surface area contributed by atoms with Crippen molar-refractivity contribution in [2.45, 2.75) is 39.5 Å². The van der Waals surface area contributed by atoms with Crippen molar-refractivity contribution in [3.8, 4) is 11.5 Å². The van der Waals surface area contributed by atoms with Crippen LogP contribution < -0.4 is 14.8 Å². The summed E-state index contributed by atoms with van der Waals surface area (Å²) < 4.78 is 11.4. The van der Waals surface area contributed by atoms with Crippen LogP contribution in [0.2, 0.25) is 0 Å². The summed E-state index contributed by atoms with van der Waals surface area (Å²) in [6.45, 7) is 5.47. The summed E-state index contributed by atoms with van der Waals surface area (Å²) in [5.41, 5.74) is 3.46. The van der Waals surface area contributed by atoms with E-state index in [4.69, 9.17) is 9.47 Å². The van der Waals surface area contributed by atoms with E-state index in [1.165, 1.54) is 5.56 Å². The zero-order valence-electron chi connectivity index (χ0n) is 14.7. The van der Waals surface area contributed by atoms with Crippen LogP contribution >= 0.6 is 0 Å². The van der Waals surface area contributed by atoms with E-state index < -0.39 is 0 Å². The third-order valence-electron chi connectivity index (χ3n) is 4.01. The maximum atomic E-state index is 9.24. The lowest BCUT2D eigenvalue weighted by Gasteiger charge is -2.16. The van der Waals surface area contributed by atoms with Crippen molar-refractivity contribution < 1.29 is 14.6 Å². The highest BCUT2D eigenvalue weighted by Gasteiger charge is 2.08. The number of aryl methyl sites for hydroxylation is 1. The average Bonchev–Trinajstić information content (AvgIpc) is 2.61. The smallest absolute Gasteiger partial charge is 0.161 e. The van der Waals surface area contributed by atoms with Crippen LogP contribution in [0.4, 0.5) is 0 Å². The van der Waals surface area contributed by atoms with E-state index in [1.54, 1.807) is 7.11 Å². The van der Waals surface area contributed by atoms with Crippen molar-refractivity contribution >= 4 is 0 Å². The third kappa shape index (κ3) is 5.25. The van der Waals surface area contributed by atoms with Crippen molar-refractivity contribution in [1.29, 1.82) is 0 Å². The van der Waals surface area contributed by atoms with E-state index in [0.717, 1.165) is 29.0 Å². The first-order valence-corrected chi connectivity index (χ1v) is 8.35. The molecule has 0 amide bonds. The highest BCUT2D eigenvalue weighted by atomic mass is 16.5. The van der Waals surface area contributed by atoms with Gasteiger partial charge >= 0.3 is 0 Å². The van der Waals surface area contributed by atoms with Gasteiger partial charge in [0.25, 0.3) is 0 Å². The lowest BCUT2D eigenvalue weighted by atomic mass is 10.1. The third-order valence-corrected chi connectivity index (χ3v) is 4.01. The summed E-state index contributed by atoms with van der Waals surface area (Å²) >= 11 is 0. The molecule has 0 aliphatic heterocycles. The molecule has 24 heavy (non-hydrogen) atoms. The first kappa shape index (κ1) is 18.3. The quantitative estimate of drug-likeness (QED) is 0.740. The highest BCUT2D eigenvalue weighted by Crippen LogP contribution is 2.29. The fraction of sp³-hybridized carbons (Fsp3) is 0.400. The van der Waals surface area contributed by atoms with Gasteiger partial charge in [-0.2, -0.15) is 0 Å². The van der Waals surface area contributed by atoms with E-state index in [9.17, 15) is 5.11 Å². The number of rotatable bonds is 9. The van der Waals surface area contributed by atoms with E-state index in [1.807, 2.05) is 24.3 Å². The molecule has 0 heterocycles. The minimum atomic E-state index is 0.119. The minimum Gasteiger partial charge on any atom is -0.493 e. The fourth-order valence-electron chi connectivity index (χ4n) is 2.50. The standard InChI is InChI=1S/C20H27NO3/c1-4-18(13-22)21-12-16-8-9-19(20(11-16)23-3)24-14-17-7-5-6-15(2)10-17/h5-11,18,21-22H,4,12-14H2,1-3H3/t18-/m1/s1. The summed E-state index contributed by atoms with van der Waals surface area (Å²) in [5, 5.41) is 12.6. The summed E-state index contributed by atoms with van der Waals surface area (Å²) in [7, 11) is 1.65. The van der Waals surface area contributed by atoms with E-state index in [-0.39, 0.29) is 12.6 Å². The van der Waals surface area contributed by atoms with Gasteiger partial charge in [-0.1, -0.05) is 42.8 Å². The molecule has 0 radical (unpaired) electrons. The number of methoxy groups -OCH3 is 1. The number of aliphatic hydroxyl groups excluding tert-OH is 1. The Labute approximate surface area is 144 Å². The molecule has 0 saturated carbocycles. The van der Waals surface area contributed by atoms with Crippen molar-refractivity contribution in [2.75, 3.05) is 13.7 Å². The molecule has 2 aromatic rings. The lowest BCUT2D eigenvalue weighted by Crippen LogP contribution is -2.31. The molecule has 2 aromatic carbocycles. The first-order chi connectivity index (χ1) is 11.7. The number of ether oxygens (including phenoxy) is 2. The van der Waals surface area contributed by atoms with E-state index >= 15 is 0 Å². The van der Waals surface area contributed by atoms with Crippen LogP contribution in [0.3, 0.4) is 0 Å². The summed E-state index contributed by atoms with van der Waals surface area (Å²) in [4.78, 5) is 0. The number of nitrogens with one attached hydrogen (secondary N) is 1. The maximum absolute atomic E-state index is 9.24. The Hall–Kier alpha value is -2.04. The average molecular weight is 329 g/mol. The molecular formula is C20H27NO3. The summed E-state index contributed by atoms with van der Waals surface area (Å²) in [6.07, 6.45) is 0.894. The monoisotopic (exact) mass is 329 g/mol. The molecule has 0 bridgehead atoms. The maximum Gasteiger partial charge on any atom is 0.161 e. The zero-order chi connectivity index (χ0) is 17.4. The summed E-state index contributed by atoms with van der Waals surface area (Å²) in [5.74, 6) is 1.45. The molecule has 0 unspecified atom stereocenters. The second-order valence-corrected chi connectivity index (χ2v) is 5.93. The molecule has 130 valence electrons. The van der Waals surface area contributed by atoms with Gasteiger partial charge < -0.3 is 19.9 Å². The van der Waals surface area contributed by atoms with Crippen LogP contribution in [0.1, 0.15) is 30.0 Å². The zero-order valence-corrected chi connectivity index (χ0v) is 14.7. The fourth-order valence-corrected chi connectivity index (χ4v) is 2.50. The van der Waals surface area contributed by atoms with Crippen LogP contribution in [-0.2, 0) is 13.2 Å². The van der Waals surface area contributed by atoms with Gasteiger partial charge in [-0.15, -0.1) is 0 Å². The SMILES string of the molecule is CC[C@H](CO)NCc1ccc(OCc2cccc(C)c2)c(OC)c1. The molecule has 2 N–H and O–H groups in total. The molecule has 1 atom stereocenters. The van der Waals surface area contributed by atoms with Crippen molar-refractivity contribution in [3.63, 3.8) is 0 Å². The van der Waals surface area contributed by atoms with Gasteiger partial charge in [0, 0.05) is 12.6 Å². The Bertz CT molecular complexity index is 639. The first-order valence-electron chi connectivity index (χ1n) is 8.35. The molecule has 0 aromatic heterocycles. The van der Waals surface area contributed by atoms with Crippen LogP contribution in [-0.4, -0.2) is 24.9 Å². The van der Waals surface area contributed by atoms with Gasteiger partial charge in [0.05, 0.1) is 13.7 Å². The lowest BCUT2D eigenvalue weighted by molar-refractivity contribution is 0.238. The van der Waals surface area contributed by atoms with E-state index in [0.29, 0.717) is 13.2 Å². The van der Waals surface area contributed by atoms with Crippen LogP contribution in [0.5, 0.6) is 11.5 Å². The van der Waals surface area contributed by atoms with Gasteiger partial charge in [-0.25, -0.2) is 0 Å². The number of hydrogen-bond donors (Lipinski definition) is 2. The van der Waals surface area contributed by atoms with Crippen LogP contribution in [0.25, 0.3) is 0 Å². The Morgan fingerprint density at radius 3 is 2.58 bits per heavy atom. The van der Waals surface area contributed by atoms with Gasteiger partial charge in [0.1, 0.15) is 6.61 Å². The summed E-state index contributed by atoms with van der Waals surface area (Å²) in [6, 6.07) is 14.3. The Morgan fingerprint density at radius 2 is 1.92 bits per heavy atom. The number of benzene rings is 2. The van der Waals surface area contributed by atoms with Gasteiger partial charge in [-0.05, 0) is 36.6 Å². The molecule has 4 nitrogen and oxygen atoms in total. The van der Waals surface area contributed by atoms with Gasteiger partial charge in [-0.3, -0.25) is 0 Å². The van der Waals surface area contributed by atoms with Crippen LogP contribution in [0.15, 0.2) is 42.5 Å². The number of hydrogen-bond acceptors (Lipinski definition) is 4. The Kier molecular flexibility index (Phi) is 7.09. The normalized spacial score (nSPS) is 12.0. The topological polar surface area (TPSA) is 50.7 Å². The van der Waals surface area contributed by atoms with Crippen LogP contribution in [0, 0.1) is 6.92 Å². The largest absolute Gasteiger partial charge is 0.493 e. The molecule has 4 heteroatoms. The van der Waals surface area contributed by atoms with Crippen molar-refractivity contribution in [3.05, 3.63) is 59.2 Å². The van der Waals surface area contributed by atoms with E-state index in [2.05, 4.69) is 37.4 Å². The highest BCUT2D eigenvalue weighted by molar-refractivity contribution is 5.43. The molecule has 0 saturated heterocycles. The second kappa shape index (κ2) is 9.30. The van der Waals surface area contributed by atoms with Crippen molar-refractivity contribution in [1.82, 2.24) is 5.32 Å². The predicted octanol–water partition coefficient (Wildman–Crippen LogP) is 3.44. The molecule has 2 rings (SSSR count). The number of aliphatic hydroxyl groups is 1. The Balaban J connectivity index is 2.00. The molecule has 0 spiro atoms. The van der Waals surface area contributed by atoms with Crippen molar-refractivity contribution in [2.24, 2.45) is 0 Å². The molecule has 0 aliphatic carbocycles. The molecule has 0 fully saturated rings. The van der Waals surface area contributed by atoms with Gasteiger partial charge in [0.2, 0.25) is 0 Å². The Morgan fingerprint density at radius 1 is 1.08 bits per heavy atom.